The summed E-state index contributed by atoms with van der Waals surface area (Å²) < 4.78 is 4.53. The van der Waals surface area contributed by atoms with E-state index in [1.165, 1.54) is 13.2 Å². The number of rotatable bonds is 7. The van der Waals surface area contributed by atoms with Crippen molar-refractivity contribution in [2.45, 2.75) is 26.7 Å². The smallest absolute Gasteiger partial charge is 0.330 e. The molecule has 0 fully saturated rings. The molecule has 0 heterocycles. The van der Waals surface area contributed by atoms with Gasteiger partial charge in [-0.3, -0.25) is 0 Å². The van der Waals surface area contributed by atoms with Crippen molar-refractivity contribution in [2.24, 2.45) is 11.3 Å². The summed E-state index contributed by atoms with van der Waals surface area (Å²) in [6.07, 6.45) is 7.07. The first kappa shape index (κ1) is 14.6. The van der Waals surface area contributed by atoms with Crippen LogP contribution in [-0.2, 0) is 14.3 Å². The van der Waals surface area contributed by atoms with Gasteiger partial charge in [0.25, 0.3) is 0 Å². The maximum atomic E-state index is 11.0. The number of hydrogen-bond donors (Lipinski definition) is 0. The van der Waals surface area contributed by atoms with Crippen molar-refractivity contribution >= 4 is 12.3 Å². The molecule has 0 spiro atoms. The van der Waals surface area contributed by atoms with Crippen LogP contribution >= 0.6 is 0 Å². The number of hydrogen-bond acceptors (Lipinski definition) is 3. The third kappa shape index (κ3) is 4.91. The molecule has 0 bridgehead atoms. The highest BCUT2D eigenvalue weighted by Crippen LogP contribution is 2.33. The molecule has 16 heavy (non-hydrogen) atoms. The second-order valence-corrected chi connectivity index (χ2v) is 4.37. The zero-order valence-corrected chi connectivity index (χ0v) is 10.2. The first-order valence-corrected chi connectivity index (χ1v) is 5.28. The van der Waals surface area contributed by atoms with E-state index in [-0.39, 0.29) is 17.3 Å². The first-order chi connectivity index (χ1) is 7.47. The highest BCUT2D eigenvalue weighted by Gasteiger charge is 2.26. The van der Waals surface area contributed by atoms with Gasteiger partial charge in [-0.15, -0.1) is 6.58 Å². The maximum absolute atomic E-state index is 11.0. The SMILES string of the molecule is C=CCC(/C=C/C(=O)OC)C(C)(C)CC=O. The van der Waals surface area contributed by atoms with Gasteiger partial charge in [0.05, 0.1) is 7.11 Å². The standard InChI is InChI=1S/C13H20O3/c1-5-6-11(7-8-12(15)16-4)13(2,3)9-10-14/h5,7-8,10-11H,1,6,9H2,2-4H3/b8-7+. The van der Waals surface area contributed by atoms with Crippen LogP contribution in [0, 0.1) is 11.3 Å². The monoisotopic (exact) mass is 224 g/mol. The van der Waals surface area contributed by atoms with Gasteiger partial charge in [0.15, 0.2) is 0 Å². The van der Waals surface area contributed by atoms with Crippen molar-refractivity contribution in [3.8, 4) is 0 Å². The minimum Gasteiger partial charge on any atom is -0.466 e. The Morgan fingerprint density at radius 2 is 2.12 bits per heavy atom. The first-order valence-electron chi connectivity index (χ1n) is 5.28. The average Bonchev–Trinajstić information content (AvgIpc) is 2.23. The number of carbonyl (C=O) groups excluding carboxylic acids is 2. The van der Waals surface area contributed by atoms with Gasteiger partial charge in [0.1, 0.15) is 6.29 Å². The van der Waals surface area contributed by atoms with E-state index in [9.17, 15) is 9.59 Å². The molecule has 0 saturated heterocycles. The molecule has 0 aromatic heterocycles. The van der Waals surface area contributed by atoms with Gasteiger partial charge in [-0.05, 0) is 17.8 Å². The quantitative estimate of drug-likeness (QED) is 0.289. The van der Waals surface area contributed by atoms with Crippen LogP contribution in [0.25, 0.3) is 0 Å². The molecule has 0 aliphatic carbocycles. The van der Waals surface area contributed by atoms with Crippen molar-refractivity contribution in [2.75, 3.05) is 7.11 Å². The van der Waals surface area contributed by atoms with Crippen molar-refractivity contribution in [1.82, 2.24) is 0 Å². The zero-order chi connectivity index (χ0) is 12.6. The Bertz CT molecular complexity index is 277. The molecular weight excluding hydrogens is 204 g/mol. The fourth-order valence-electron chi connectivity index (χ4n) is 1.47. The summed E-state index contributed by atoms with van der Waals surface area (Å²) in [4.78, 5) is 21.6. The second kappa shape index (κ2) is 6.99. The van der Waals surface area contributed by atoms with Crippen LogP contribution in [0.4, 0.5) is 0 Å². The van der Waals surface area contributed by atoms with E-state index in [1.807, 2.05) is 13.8 Å². The Morgan fingerprint density at radius 1 is 1.50 bits per heavy atom. The van der Waals surface area contributed by atoms with E-state index in [1.54, 1.807) is 12.2 Å². The number of allylic oxidation sites excluding steroid dienone is 2. The topological polar surface area (TPSA) is 43.4 Å². The maximum Gasteiger partial charge on any atom is 0.330 e. The summed E-state index contributed by atoms with van der Waals surface area (Å²) in [5, 5.41) is 0. The molecule has 0 aromatic carbocycles. The molecule has 0 amide bonds. The van der Waals surface area contributed by atoms with E-state index >= 15 is 0 Å². The van der Waals surface area contributed by atoms with Crippen molar-refractivity contribution in [3.63, 3.8) is 0 Å². The lowest BCUT2D eigenvalue weighted by atomic mass is 9.75. The molecule has 0 N–H and O–H groups in total. The van der Waals surface area contributed by atoms with Gasteiger partial charge in [0, 0.05) is 12.5 Å². The number of carbonyl (C=O) groups is 2. The van der Waals surface area contributed by atoms with Crippen molar-refractivity contribution in [1.29, 1.82) is 0 Å². The lowest BCUT2D eigenvalue weighted by Gasteiger charge is -2.29. The van der Waals surface area contributed by atoms with Gasteiger partial charge in [-0.2, -0.15) is 0 Å². The fourth-order valence-corrected chi connectivity index (χ4v) is 1.47. The molecular formula is C13H20O3. The van der Waals surface area contributed by atoms with Crippen molar-refractivity contribution < 1.29 is 14.3 Å². The van der Waals surface area contributed by atoms with Crippen LogP contribution in [0.15, 0.2) is 24.8 Å². The molecule has 0 radical (unpaired) electrons. The molecule has 90 valence electrons. The molecule has 0 aliphatic rings. The Hall–Kier alpha value is -1.38. The minimum atomic E-state index is -0.379. The second-order valence-electron chi connectivity index (χ2n) is 4.37. The Morgan fingerprint density at radius 3 is 2.56 bits per heavy atom. The predicted molar refractivity (Wildman–Crippen MR) is 63.9 cm³/mol. The van der Waals surface area contributed by atoms with E-state index in [4.69, 9.17) is 0 Å². The summed E-state index contributed by atoms with van der Waals surface area (Å²) in [5.74, 6) is -0.273. The van der Waals surface area contributed by atoms with Gasteiger partial charge in [-0.25, -0.2) is 4.79 Å². The van der Waals surface area contributed by atoms with Gasteiger partial charge < -0.3 is 9.53 Å². The molecule has 0 aliphatic heterocycles. The van der Waals surface area contributed by atoms with Crippen LogP contribution in [0.3, 0.4) is 0 Å². The van der Waals surface area contributed by atoms with Crippen LogP contribution in [0.1, 0.15) is 26.7 Å². The Labute approximate surface area is 97.2 Å². The summed E-state index contributed by atoms with van der Waals surface area (Å²) in [7, 11) is 1.34. The van der Waals surface area contributed by atoms with E-state index < -0.39 is 0 Å². The predicted octanol–water partition coefficient (Wildman–Crippen LogP) is 2.52. The van der Waals surface area contributed by atoms with Crippen LogP contribution < -0.4 is 0 Å². The van der Waals surface area contributed by atoms with Gasteiger partial charge >= 0.3 is 5.97 Å². The summed E-state index contributed by atoms with van der Waals surface area (Å²) in [6.45, 7) is 7.68. The van der Waals surface area contributed by atoms with E-state index in [2.05, 4.69) is 11.3 Å². The minimum absolute atomic E-state index is 0.106. The normalized spacial score (nSPS) is 13.4. The molecule has 3 heteroatoms. The van der Waals surface area contributed by atoms with Crippen LogP contribution in [0.2, 0.25) is 0 Å². The van der Waals surface area contributed by atoms with Crippen LogP contribution in [-0.4, -0.2) is 19.4 Å². The average molecular weight is 224 g/mol. The lowest BCUT2D eigenvalue weighted by Crippen LogP contribution is -2.23. The van der Waals surface area contributed by atoms with Crippen LogP contribution in [0.5, 0.6) is 0 Å². The molecule has 3 nitrogen and oxygen atoms in total. The van der Waals surface area contributed by atoms with E-state index in [0.29, 0.717) is 6.42 Å². The van der Waals surface area contributed by atoms with Gasteiger partial charge in [0.2, 0.25) is 0 Å². The molecule has 0 rings (SSSR count). The number of aldehydes is 1. The molecule has 0 saturated carbocycles. The largest absolute Gasteiger partial charge is 0.466 e. The highest BCUT2D eigenvalue weighted by atomic mass is 16.5. The van der Waals surface area contributed by atoms with Crippen molar-refractivity contribution in [3.05, 3.63) is 24.8 Å². The van der Waals surface area contributed by atoms with E-state index in [0.717, 1.165) is 12.7 Å². The third-order valence-corrected chi connectivity index (χ3v) is 2.70. The fraction of sp³-hybridized carbons (Fsp3) is 0.538. The summed E-state index contributed by atoms with van der Waals surface area (Å²) in [5.41, 5.74) is -0.180. The Kier molecular flexibility index (Phi) is 6.38. The van der Waals surface area contributed by atoms with Gasteiger partial charge in [-0.1, -0.05) is 26.0 Å². The molecule has 0 aromatic rings. The molecule has 1 unspecified atom stereocenters. The molecule has 1 atom stereocenters. The lowest BCUT2D eigenvalue weighted by molar-refractivity contribution is -0.134. The Balaban J connectivity index is 4.71. The number of esters is 1. The third-order valence-electron chi connectivity index (χ3n) is 2.70. The number of ether oxygens (including phenoxy) is 1. The zero-order valence-electron chi connectivity index (χ0n) is 10.2. The summed E-state index contributed by atoms with van der Waals surface area (Å²) in [6, 6.07) is 0. The number of methoxy groups -OCH3 is 1. The summed E-state index contributed by atoms with van der Waals surface area (Å²) >= 11 is 0. The highest BCUT2D eigenvalue weighted by molar-refractivity contribution is 5.81.